The van der Waals surface area contributed by atoms with Gasteiger partial charge in [-0.05, 0) is 44.9 Å². The molecule has 1 saturated heterocycles. The SMILES string of the molecule is CC1ON=C(c2ccc(Cl)cc2)C1C(=O)N1C(=O)OC(C)(C)[C@@H]1Cc1ccccc1. The van der Waals surface area contributed by atoms with Crippen molar-refractivity contribution < 1.29 is 19.2 Å². The van der Waals surface area contributed by atoms with Crippen molar-refractivity contribution in [3.8, 4) is 0 Å². The van der Waals surface area contributed by atoms with Crippen LogP contribution in [0.15, 0.2) is 59.8 Å². The van der Waals surface area contributed by atoms with Gasteiger partial charge in [0.15, 0.2) is 0 Å². The Morgan fingerprint density at radius 1 is 1.13 bits per heavy atom. The van der Waals surface area contributed by atoms with Crippen molar-refractivity contribution in [3.05, 3.63) is 70.7 Å². The number of benzene rings is 2. The smallest absolute Gasteiger partial charge is 0.417 e. The Morgan fingerprint density at radius 3 is 2.47 bits per heavy atom. The summed E-state index contributed by atoms with van der Waals surface area (Å²) in [6, 6.07) is 16.3. The fourth-order valence-electron chi connectivity index (χ4n) is 4.00. The fourth-order valence-corrected chi connectivity index (χ4v) is 4.12. The summed E-state index contributed by atoms with van der Waals surface area (Å²) in [4.78, 5) is 33.1. The molecule has 0 aliphatic carbocycles. The Labute approximate surface area is 180 Å². The third-order valence-electron chi connectivity index (χ3n) is 5.66. The Hall–Kier alpha value is -2.86. The average molecular weight is 427 g/mol. The number of oxime groups is 1. The fraction of sp³-hybridized carbons (Fsp3) is 0.348. The average Bonchev–Trinajstić information content (AvgIpc) is 3.19. The van der Waals surface area contributed by atoms with Gasteiger partial charge >= 0.3 is 6.09 Å². The number of hydrogen-bond acceptors (Lipinski definition) is 5. The number of halogens is 1. The van der Waals surface area contributed by atoms with Gasteiger partial charge in [-0.3, -0.25) is 4.79 Å². The molecule has 2 aliphatic heterocycles. The van der Waals surface area contributed by atoms with Crippen LogP contribution in [0.3, 0.4) is 0 Å². The lowest BCUT2D eigenvalue weighted by molar-refractivity contribution is -0.134. The van der Waals surface area contributed by atoms with E-state index in [1.54, 1.807) is 31.2 Å². The van der Waals surface area contributed by atoms with Crippen molar-refractivity contribution in [3.63, 3.8) is 0 Å². The van der Waals surface area contributed by atoms with Gasteiger partial charge in [0.25, 0.3) is 0 Å². The predicted molar refractivity (Wildman–Crippen MR) is 113 cm³/mol. The number of amides is 2. The van der Waals surface area contributed by atoms with Crippen molar-refractivity contribution in [1.82, 2.24) is 4.90 Å². The predicted octanol–water partition coefficient (Wildman–Crippen LogP) is 4.45. The molecule has 0 aromatic heterocycles. The highest BCUT2D eigenvalue weighted by Gasteiger charge is 2.54. The lowest BCUT2D eigenvalue weighted by Gasteiger charge is -2.29. The molecule has 2 aromatic carbocycles. The molecule has 0 radical (unpaired) electrons. The van der Waals surface area contributed by atoms with E-state index in [0.717, 1.165) is 11.1 Å². The molecule has 30 heavy (non-hydrogen) atoms. The van der Waals surface area contributed by atoms with Gasteiger partial charge in [-0.1, -0.05) is 59.2 Å². The van der Waals surface area contributed by atoms with E-state index < -0.39 is 29.8 Å². The molecule has 0 spiro atoms. The number of rotatable bonds is 4. The van der Waals surface area contributed by atoms with Gasteiger partial charge in [0, 0.05) is 10.6 Å². The minimum Gasteiger partial charge on any atom is -0.441 e. The van der Waals surface area contributed by atoms with Crippen LogP contribution in [0.2, 0.25) is 5.02 Å². The van der Waals surface area contributed by atoms with Crippen LogP contribution in [-0.2, 0) is 20.8 Å². The Bertz CT molecular complexity index is 988. The van der Waals surface area contributed by atoms with Crippen LogP contribution in [0.4, 0.5) is 4.79 Å². The first-order valence-electron chi connectivity index (χ1n) is 9.87. The van der Waals surface area contributed by atoms with E-state index in [-0.39, 0.29) is 5.91 Å². The Morgan fingerprint density at radius 2 is 1.80 bits per heavy atom. The van der Waals surface area contributed by atoms with Crippen molar-refractivity contribution >= 4 is 29.3 Å². The maximum atomic E-state index is 13.6. The first-order valence-corrected chi connectivity index (χ1v) is 10.3. The van der Waals surface area contributed by atoms with Crippen LogP contribution in [0, 0.1) is 5.92 Å². The quantitative estimate of drug-likeness (QED) is 0.724. The van der Waals surface area contributed by atoms with Gasteiger partial charge in [-0.25, -0.2) is 9.69 Å². The summed E-state index contributed by atoms with van der Waals surface area (Å²) in [6.07, 6.45) is -0.640. The topological polar surface area (TPSA) is 68.2 Å². The molecule has 2 heterocycles. The van der Waals surface area contributed by atoms with Gasteiger partial charge in [0.2, 0.25) is 5.91 Å². The molecule has 2 aliphatic rings. The monoisotopic (exact) mass is 426 g/mol. The molecular formula is C23H23ClN2O4. The van der Waals surface area contributed by atoms with E-state index in [1.165, 1.54) is 4.90 Å². The minimum absolute atomic E-state index is 0.370. The van der Waals surface area contributed by atoms with Gasteiger partial charge in [0.1, 0.15) is 23.3 Å². The standard InChI is InChI=1S/C23H23ClN2O4/c1-14-19(20(25-30-14)16-9-11-17(24)12-10-16)21(27)26-18(23(2,3)29-22(26)28)13-15-7-5-4-6-8-15/h4-12,14,18-19H,13H2,1-3H3/t14?,18-,19?/m0/s1. The summed E-state index contributed by atoms with van der Waals surface area (Å²) in [5.74, 6) is -1.09. The zero-order valence-electron chi connectivity index (χ0n) is 17.0. The molecular weight excluding hydrogens is 404 g/mol. The molecule has 3 atom stereocenters. The molecule has 1 fully saturated rings. The van der Waals surface area contributed by atoms with Crippen LogP contribution in [0.5, 0.6) is 0 Å². The highest BCUT2D eigenvalue weighted by atomic mass is 35.5. The first-order chi connectivity index (χ1) is 14.3. The second-order valence-corrected chi connectivity index (χ2v) is 8.59. The summed E-state index contributed by atoms with van der Waals surface area (Å²) in [5.41, 5.74) is 1.42. The van der Waals surface area contributed by atoms with E-state index in [0.29, 0.717) is 17.2 Å². The van der Waals surface area contributed by atoms with E-state index in [9.17, 15) is 9.59 Å². The van der Waals surface area contributed by atoms with Crippen molar-refractivity contribution in [2.24, 2.45) is 11.1 Å². The third kappa shape index (κ3) is 3.67. The highest BCUT2D eigenvalue weighted by Crippen LogP contribution is 2.35. The van der Waals surface area contributed by atoms with E-state index in [4.69, 9.17) is 21.2 Å². The van der Waals surface area contributed by atoms with E-state index in [2.05, 4.69) is 5.16 Å². The van der Waals surface area contributed by atoms with Crippen molar-refractivity contribution in [1.29, 1.82) is 0 Å². The molecule has 0 bridgehead atoms. The first kappa shape index (κ1) is 20.4. The largest absolute Gasteiger partial charge is 0.441 e. The molecule has 7 heteroatoms. The van der Waals surface area contributed by atoms with E-state index in [1.807, 2.05) is 44.2 Å². The van der Waals surface area contributed by atoms with Crippen LogP contribution in [0.25, 0.3) is 0 Å². The number of nitrogens with zero attached hydrogens (tertiary/aromatic N) is 2. The van der Waals surface area contributed by atoms with Crippen LogP contribution in [-0.4, -0.2) is 40.4 Å². The number of carbonyl (C=O) groups excluding carboxylic acids is 2. The summed E-state index contributed by atoms with van der Waals surface area (Å²) in [5, 5.41) is 4.72. The Balaban J connectivity index is 1.66. The molecule has 0 N–H and O–H groups in total. The van der Waals surface area contributed by atoms with E-state index >= 15 is 0 Å². The maximum Gasteiger partial charge on any atom is 0.417 e. The zero-order valence-corrected chi connectivity index (χ0v) is 17.8. The van der Waals surface area contributed by atoms with Crippen LogP contribution in [0.1, 0.15) is 31.9 Å². The molecule has 2 unspecified atom stereocenters. The number of carbonyl (C=O) groups is 2. The molecule has 2 amide bonds. The highest BCUT2D eigenvalue weighted by molar-refractivity contribution is 6.30. The summed E-state index contributed by atoms with van der Waals surface area (Å²) < 4.78 is 5.59. The zero-order chi connectivity index (χ0) is 21.5. The van der Waals surface area contributed by atoms with Crippen molar-refractivity contribution in [2.75, 3.05) is 0 Å². The number of ether oxygens (including phenoxy) is 1. The second kappa shape index (κ2) is 7.76. The number of hydrogen-bond donors (Lipinski definition) is 0. The summed E-state index contributed by atoms with van der Waals surface area (Å²) in [7, 11) is 0. The summed E-state index contributed by atoms with van der Waals surface area (Å²) >= 11 is 5.99. The van der Waals surface area contributed by atoms with Crippen LogP contribution >= 0.6 is 11.6 Å². The Kier molecular flexibility index (Phi) is 5.28. The molecule has 2 aromatic rings. The third-order valence-corrected chi connectivity index (χ3v) is 5.91. The summed E-state index contributed by atoms with van der Waals surface area (Å²) in [6.45, 7) is 5.43. The molecule has 4 rings (SSSR count). The normalized spacial score (nSPS) is 24.9. The number of imide groups is 1. The maximum absolute atomic E-state index is 13.6. The van der Waals surface area contributed by atoms with Gasteiger partial charge in [-0.2, -0.15) is 0 Å². The minimum atomic E-state index is -0.817. The van der Waals surface area contributed by atoms with Gasteiger partial charge in [-0.15, -0.1) is 0 Å². The molecule has 156 valence electrons. The van der Waals surface area contributed by atoms with Gasteiger partial charge in [0.05, 0.1) is 6.04 Å². The van der Waals surface area contributed by atoms with Crippen molar-refractivity contribution in [2.45, 2.75) is 44.9 Å². The number of cyclic esters (lactones) is 1. The van der Waals surface area contributed by atoms with Gasteiger partial charge < -0.3 is 9.57 Å². The van der Waals surface area contributed by atoms with Crippen LogP contribution < -0.4 is 0 Å². The molecule has 6 nitrogen and oxygen atoms in total. The second-order valence-electron chi connectivity index (χ2n) is 8.16. The lowest BCUT2D eigenvalue weighted by Crippen LogP contribution is -2.50. The lowest BCUT2D eigenvalue weighted by atomic mass is 9.88. The molecule has 0 saturated carbocycles.